The molecule has 0 fully saturated rings. The number of aromatic nitrogens is 3. The summed E-state index contributed by atoms with van der Waals surface area (Å²) in [6.07, 6.45) is 1.05. The third-order valence-corrected chi connectivity index (χ3v) is 3.94. The van der Waals surface area contributed by atoms with Crippen molar-refractivity contribution in [3.8, 4) is 0 Å². The lowest BCUT2D eigenvalue weighted by Crippen LogP contribution is -2.18. The largest absolute Gasteiger partial charge is 0.326 e. The number of aromatic amines is 1. The van der Waals surface area contributed by atoms with Crippen LogP contribution < -0.4 is 10.3 Å². The van der Waals surface area contributed by atoms with Crippen molar-refractivity contribution in [3.63, 3.8) is 0 Å². The molecule has 0 saturated heterocycles. The molecular formula is C11H11ClN4O3S. The lowest BCUT2D eigenvalue weighted by molar-refractivity contribution is 0.600. The Hall–Kier alpha value is -1.93. The average Bonchev–Trinajstić information content (AvgIpc) is 2.30. The van der Waals surface area contributed by atoms with E-state index < -0.39 is 15.6 Å². The van der Waals surface area contributed by atoms with E-state index in [1.165, 1.54) is 0 Å². The van der Waals surface area contributed by atoms with Gasteiger partial charge in [0.15, 0.2) is 0 Å². The minimum Gasteiger partial charge on any atom is -0.326 e. The second kappa shape index (κ2) is 5.22. The molecule has 0 aromatic carbocycles. The van der Waals surface area contributed by atoms with Crippen LogP contribution in [0.1, 0.15) is 11.4 Å². The van der Waals surface area contributed by atoms with Crippen LogP contribution in [0.2, 0.25) is 5.02 Å². The number of pyridine rings is 1. The van der Waals surface area contributed by atoms with Crippen molar-refractivity contribution in [1.82, 2.24) is 15.0 Å². The highest BCUT2D eigenvalue weighted by Gasteiger charge is 2.17. The summed E-state index contributed by atoms with van der Waals surface area (Å²) in [5.41, 5.74) is 0.706. The van der Waals surface area contributed by atoms with Gasteiger partial charge in [0.2, 0.25) is 5.95 Å². The highest BCUT2D eigenvalue weighted by atomic mass is 35.5. The van der Waals surface area contributed by atoms with Crippen molar-refractivity contribution in [2.45, 2.75) is 18.7 Å². The number of aryl methyl sites for hydroxylation is 2. The molecule has 0 aliphatic carbocycles. The molecule has 0 atom stereocenters. The Morgan fingerprint density at radius 3 is 2.35 bits per heavy atom. The fourth-order valence-corrected chi connectivity index (χ4v) is 2.72. The van der Waals surface area contributed by atoms with Gasteiger partial charge in [0.1, 0.15) is 9.92 Å². The minimum absolute atomic E-state index is 0.0372. The number of hydrogen-bond donors (Lipinski definition) is 2. The molecule has 0 spiro atoms. The number of nitrogens with one attached hydrogen (secondary N) is 2. The average molecular weight is 315 g/mol. The van der Waals surface area contributed by atoms with Crippen LogP contribution in [0, 0.1) is 13.8 Å². The topological polar surface area (TPSA) is 105 Å². The quantitative estimate of drug-likeness (QED) is 0.886. The fraction of sp³-hybridized carbons (Fsp3) is 0.182. The first-order valence-electron chi connectivity index (χ1n) is 5.51. The number of rotatable bonds is 3. The SMILES string of the molecule is Cc1cc(C)nc(NS(=O)(=O)c2c[nH]c(=O)c(Cl)c2)n1. The summed E-state index contributed by atoms with van der Waals surface area (Å²) in [5, 5.41) is -0.214. The molecule has 0 aliphatic rings. The first-order valence-corrected chi connectivity index (χ1v) is 7.37. The van der Waals surface area contributed by atoms with E-state index in [1.807, 2.05) is 0 Å². The van der Waals surface area contributed by atoms with Gasteiger partial charge in [-0.2, -0.15) is 0 Å². The Balaban J connectivity index is 2.40. The number of H-pyrrole nitrogens is 1. The van der Waals surface area contributed by atoms with Crippen LogP contribution in [-0.2, 0) is 10.0 Å². The molecule has 2 aromatic heterocycles. The second-order valence-electron chi connectivity index (χ2n) is 4.09. The van der Waals surface area contributed by atoms with Crippen molar-refractivity contribution in [1.29, 1.82) is 0 Å². The Labute approximate surface area is 120 Å². The molecular weight excluding hydrogens is 304 g/mol. The fourth-order valence-electron chi connectivity index (χ4n) is 1.54. The van der Waals surface area contributed by atoms with Crippen LogP contribution in [0.25, 0.3) is 0 Å². The van der Waals surface area contributed by atoms with Crippen molar-refractivity contribution >= 4 is 27.6 Å². The highest BCUT2D eigenvalue weighted by Crippen LogP contribution is 2.14. The normalized spacial score (nSPS) is 11.3. The number of nitrogens with zero attached hydrogens (tertiary/aromatic N) is 2. The van der Waals surface area contributed by atoms with E-state index in [-0.39, 0.29) is 15.9 Å². The summed E-state index contributed by atoms with van der Waals surface area (Å²) in [4.78, 5) is 21.1. The second-order valence-corrected chi connectivity index (χ2v) is 6.18. The number of halogens is 1. The van der Waals surface area contributed by atoms with Crippen LogP contribution in [0.5, 0.6) is 0 Å². The lowest BCUT2D eigenvalue weighted by Gasteiger charge is -2.07. The van der Waals surface area contributed by atoms with E-state index >= 15 is 0 Å². The molecule has 2 N–H and O–H groups in total. The monoisotopic (exact) mass is 314 g/mol. The Kier molecular flexibility index (Phi) is 3.78. The molecule has 7 nitrogen and oxygen atoms in total. The number of anilines is 1. The van der Waals surface area contributed by atoms with Crippen LogP contribution >= 0.6 is 11.6 Å². The molecule has 0 saturated carbocycles. The van der Waals surface area contributed by atoms with Gasteiger partial charge < -0.3 is 4.98 Å². The van der Waals surface area contributed by atoms with Crippen LogP contribution in [0.4, 0.5) is 5.95 Å². The Morgan fingerprint density at radius 1 is 1.20 bits per heavy atom. The van der Waals surface area contributed by atoms with Crippen LogP contribution in [-0.4, -0.2) is 23.4 Å². The zero-order chi connectivity index (χ0) is 14.9. The maximum absolute atomic E-state index is 12.1. The molecule has 0 unspecified atom stereocenters. The molecule has 9 heteroatoms. The standard InChI is InChI=1S/C11H11ClN4O3S/c1-6-3-7(2)15-11(14-6)16-20(18,19)8-4-9(12)10(17)13-5-8/h3-5H,1-2H3,(H,13,17)(H,14,15,16). The van der Waals surface area contributed by atoms with Crippen molar-refractivity contribution in [3.05, 3.63) is 45.1 Å². The summed E-state index contributed by atoms with van der Waals surface area (Å²) in [6.45, 7) is 3.45. The van der Waals surface area contributed by atoms with Gasteiger partial charge in [0.05, 0.1) is 0 Å². The molecule has 0 bridgehead atoms. The van der Waals surface area contributed by atoms with Crippen molar-refractivity contribution < 1.29 is 8.42 Å². The van der Waals surface area contributed by atoms with Gasteiger partial charge in [-0.1, -0.05) is 11.6 Å². The van der Waals surface area contributed by atoms with Crippen molar-refractivity contribution in [2.75, 3.05) is 4.72 Å². The molecule has 2 rings (SSSR count). The van der Waals surface area contributed by atoms with Gasteiger partial charge in [-0.05, 0) is 26.0 Å². The van der Waals surface area contributed by atoms with E-state index in [1.54, 1.807) is 19.9 Å². The molecule has 106 valence electrons. The van der Waals surface area contributed by atoms with E-state index in [4.69, 9.17) is 11.6 Å². The van der Waals surface area contributed by atoms with Crippen LogP contribution in [0.15, 0.2) is 28.0 Å². The summed E-state index contributed by atoms with van der Waals surface area (Å²) < 4.78 is 26.5. The highest BCUT2D eigenvalue weighted by molar-refractivity contribution is 7.92. The predicted octanol–water partition coefficient (Wildman–Crippen LogP) is 1.24. The maximum atomic E-state index is 12.1. The predicted molar refractivity (Wildman–Crippen MR) is 74.4 cm³/mol. The van der Waals surface area contributed by atoms with E-state index in [2.05, 4.69) is 19.7 Å². The zero-order valence-electron chi connectivity index (χ0n) is 10.6. The summed E-state index contributed by atoms with van der Waals surface area (Å²) >= 11 is 5.61. The van der Waals surface area contributed by atoms with E-state index in [0.717, 1.165) is 12.3 Å². The third kappa shape index (κ3) is 3.14. The first-order chi connectivity index (χ1) is 9.28. The van der Waals surface area contributed by atoms with Gasteiger partial charge in [0.25, 0.3) is 15.6 Å². The van der Waals surface area contributed by atoms with Gasteiger partial charge in [0, 0.05) is 17.6 Å². The van der Waals surface area contributed by atoms with Crippen molar-refractivity contribution in [2.24, 2.45) is 0 Å². The Bertz CT molecular complexity index is 796. The summed E-state index contributed by atoms with van der Waals surface area (Å²) in [7, 11) is -3.92. The van der Waals surface area contributed by atoms with E-state index in [9.17, 15) is 13.2 Å². The smallest absolute Gasteiger partial charge is 0.266 e. The van der Waals surface area contributed by atoms with Gasteiger partial charge in [-0.3, -0.25) is 4.79 Å². The van der Waals surface area contributed by atoms with E-state index in [0.29, 0.717) is 11.4 Å². The molecule has 0 radical (unpaired) electrons. The molecule has 20 heavy (non-hydrogen) atoms. The maximum Gasteiger partial charge on any atom is 0.266 e. The van der Waals surface area contributed by atoms with Gasteiger partial charge in [-0.25, -0.2) is 23.1 Å². The number of hydrogen-bond acceptors (Lipinski definition) is 5. The summed E-state index contributed by atoms with van der Waals surface area (Å²) in [5.74, 6) is -0.0372. The first kappa shape index (κ1) is 14.5. The third-order valence-electron chi connectivity index (χ3n) is 2.35. The van der Waals surface area contributed by atoms with Crippen LogP contribution in [0.3, 0.4) is 0 Å². The lowest BCUT2D eigenvalue weighted by atomic mass is 10.4. The summed E-state index contributed by atoms with van der Waals surface area (Å²) in [6, 6.07) is 2.78. The molecule has 2 heterocycles. The zero-order valence-corrected chi connectivity index (χ0v) is 12.2. The molecule has 0 amide bonds. The minimum atomic E-state index is -3.92. The Morgan fingerprint density at radius 2 is 1.80 bits per heavy atom. The van der Waals surface area contributed by atoms with Gasteiger partial charge in [-0.15, -0.1) is 0 Å². The molecule has 2 aromatic rings. The molecule has 0 aliphatic heterocycles. The van der Waals surface area contributed by atoms with Gasteiger partial charge >= 0.3 is 0 Å². The number of sulfonamides is 1.